The number of nitrogens with zero attached hydrogens (tertiary/aromatic N) is 2. The van der Waals surface area contributed by atoms with E-state index >= 15 is 0 Å². The maximum Gasteiger partial charge on any atom is 0.240 e. The second-order valence-corrected chi connectivity index (χ2v) is 9.69. The van der Waals surface area contributed by atoms with Crippen LogP contribution in [0.1, 0.15) is 57.8 Å². The number of amides is 1. The molecule has 130 valence electrons. The summed E-state index contributed by atoms with van der Waals surface area (Å²) in [5, 5.41) is 20.2. The first kappa shape index (κ1) is 15.2. The molecule has 6 atom stereocenters. The largest absolute Gasteiger partial charge is 0.390 e. The van der Waals surface area contributed by atoms with Gasteiger partial charge in [0.2, 0.25) is 5.91 Å². The second kappa shape index (κ2) is 4.74. The minimum atomic E-state index is -0.514. The molecular weight excluding hydrogens is 302 g/mol. The maximum atomic E-state index is 12.9. The van der Waals surface area contributed by atoms with Gasteiger partial charge in [-0.3, -0.25) is 4.79 Å². The Morgan fingerprint density at radius 3 is 2.58 bits per heavy atom. The van der Waals surface area contributed by atoms with Crippen LogP contribution in [-0.2, 0) is 4.79 Å². The fourth-order valence-corrected chi connectivity index (χ4v) is 7.28. The van der Waals surface area contributed by atoms with E-state index in [2.05, 4.69) is 6.07 Å². The van der Waals surface area contributed by atoms with Crippen molar-refractivity contribution in [3.8, 4) is 6.07 Å². The topological polar surface area (TPSA) is 90.4 Å². The van der Waals surface area contributed by atoms with Crippen molar-refractivity contribution in [1.29, 1.82) is 5.26 Å². The highest BCUT2D eigenvalue weighted by Crippen LogP contribution is 2.63. The summed E-state index contributed by atoms with van der Waals surface area (Å²) in [6.07, 6.45) is 8.78. The number of hydrogen-bond acceptors (Lipinski definition) is 4. The molecule has 5 heteroatoms. The summed E-state index contributed by atoms with van der Waals surface area (Å²) in [5.41, 5.74) is 5.93. The summed E-state index contributed by atoms with van der Waals surface area (Å²) in [6, 6.07) is 1.77. The normalized spacial score (nSPS) is 52.0. The second-order valence-electron chi connectivity index (χ2n) is 9.69. The fourth-order valence-electron chi connectivity index (χ4n) is 7.28. The lowest BCUT2D eigenvalue weighted by Gasteiger charge is -2.60. The van der Waals surface area contributed by atoms with Crippen LogP contribution in [0, 0.1) is 34.5 Å². The van der Waals surface area contributed by atoms with Crippen LogP contribution < -0.4 is 5.73 Å². The summed E-state index contributed by atoms with van der Waals surface area (Å²) >= 11 is 0. The molecule has 24 heavy (non-hydrogen) atoms. The smallest absolute Gasteiger partial charge is 0.240 e. The van der Waals surface area contributed by atoms with Crippen LogP contribution >= 0.6 is 0 Å². The number of aliphatic hydroxyl groups is 1. The first-order valence-corrected chi connectivity index (χ1v) is 9.60. The molecule has 0 aromatic rings. The number of likely N-dealkylation sites (tertiary alicyclic amines) is 1. The standard InChI is InChI=1S/C19H27N3O2/c20-9-14-2-13-3-16(13)22(14)17(23)15(21)8-18-4-11-1-12(5-18)7-19(24,6-11)10-18/h11-16,24H,1-8,10,21H2. The molecule has 3 N–H and O–H groups in total. The zero-order chi connectivity index (χ0) is 16.7. The number of fused-ring (bicyclic) bond motifs is 1. The molecule has 0 radical (unpaired) electrons. The number of carbonyl (C=O) groups excluding carboxylic acids is 1. The Hall–Kier alpha value is -1.12. The molecule has 0 aromatic carbocycles. The zero-order valence-corrected chi connectivity index (χ0v) is 14.2. The maximum absolute atomic E-state index is 12.9. The lowest BCUT2D eigenvalue weighted by molar-refractivity contribution is -0.169. The molecule has 6 aliphatic rings. The lowest BCUT2D eigenvalue weighted by atomic mass is 9.47. The van der Waals surface area contributed by atoms with E-state index in [1.807, 2.05) is 0 Å². The highest BCUT2D eigenvalue weighted by Gasteiger charge is 2.59. The summed E-state index contributed by atoms with van der Waals surface area (Å²) in [4.78, 5) is 14.7. The van der Waals surface area contributed by atoms with Crippen LogP contribution in [0.25, 0.3) is 0 Å². The molecule has 6 rings (SSSR count). The van der Waals surface area contributed by atoms with Crippen molar-refractivity contribution < 1.29 is 9.90 Å². The van der Waals surface area contributed by atoms with Crippen molar-refractivity contribution in [2.24, 2.45) is 28.9 Å². The monoisotopic (exact) mass is 329 g/mol. The molecule has 1 heterocycles. The molecular formula is C19H27N3O2. The van der Waals surface area contributed by atoms with E-state index < -0.39 is 11.6 Å². The first-order chi connectivity index (χ1) is 11.4. The minimum Gasteiger partial charge on any atom is -0.390 e. The summed E-state index contributed by atoms with van der Waals surface area (Å²) in [6.45, 7) is 0. The first-order valence-electron chi connectivity index (χ1n) is 9.60. The summed E-state index contributed by atoms with van der Waals surface area (Å²) in [5.74, 6) is 1.75. The molecule has 4 bridgehead atoms. The van der Waals surface area contributed by atoms with E-state index in [1.165, 1.54) is 6.42 Å². The average Bonchev–Trinajstić information content (AvgIpc) is 3.14. The Bertz CT molecular complexity index is 613. The quantitative estimate of drug-likeness (QED) is 0.822. The molecule has 5 aliphatic carbocycles. The predicted octanol–water partition coefficient (Wildman–Crippen LogP) is 1.55. The third kappa shape index (κ3) is 2.16. The fraction of sp³-hybridized carbons (Fsp3) is 0.895. The van der Waals surface area contributed by atoms with Crippen molar-refractivity contribution in [3.63, 3.8) is 0 Å². The Kier molecular flexibility index (Phi) is 2.99. The van der Waals surface area contributed by atoms with Crippen LogP contribution in [0.5, 0.6) is 0 Å². The van der Waals surface area contributed by atoms with Gasteiger partial charge >= 0.3 is 0 Å². The van der Waals surface area contributed by atoms with Gasteiger partial charge in [-0.25, -0.2) is 0 Å². The highest BCUT2D eigenvalue weighted by molar-refractivity contribution is 5.83. The number of rotatable bonds is 3. The van der Waals surface area contributed by atoms with Gasteiger partial charge in [0.05, 0.1) is 17.7 Å². The summed E-state index contributed by atoms with van der Waals surface area (Å²) < 4.78 is 0. The van der Waals surface area contributed by atoms with Gasteiger partial charge in [-0.15, -0.1) is 0 Å². The molecule has 1 amide bonds. The molecule has 6 unspecified atom stereocenters. The van der Waals surface area contributed by atoms with Gasteiger partial charge in [-0.1, -0.05) is 0 Å². The number of piperidine rings is 1. The number of nitriles is 1. The van der Waals surface area contributed by atoms with Gasteiger partial charge in [0, 0.05) is 6.04 Å². The average molecular weight is 329 g/mol. The number of carbonyl (C=O) groups is 1. The van der Waals surface area contributed by atoms with Crippen LogP contribution in [0.3, 0.4) is 0 Å². The lowest BCUT2D eigenvalue weighted by Crippen LogP contribution is -2.58. The van der Waals surface area contributed by atoms with Crippen molar-refractivity contribution in [3.05, 3.63) is 0 Å². The van der Waals surface area contributed by atoms with Crippen LogP contribution in [0.2, 0.25) is 0 Å². The van der Waals surface area contributed by atoms with Gasteiger partial charge in [-0.05, 0) is 81.0 Å². The predicted molar refractivity (Wildman–Crippen MR) is 87.4 cm³/mol. The van der Waals surface area contributed by atoms with Crippen molar-refractivity contribution in [2.45, 2.75) is 81.5 Å². The van der Waals surface area contributed by atoms with Gasteiger partial charge in [0.25, 0.3) is 0 Å². The number of nitrogens with two attached hydrogens (primary N) is 1. The Labute approximate surface area is 143 Å². The Morgan fingerprint density at radius 2 is 1.96 bits per heavy atom. The van der Waals surface area contributed by atoms with E-state index in [-0.39, 0.29) is 23.4 Å². The molecule has 6 fully saturated rings. The van der Waals surface area contributed by atoms with E-state index in [9.17, 15) is 15.2 Å². The SMILES string of the molecule is N#CC1CC2CC2N1C(=O)C(N)CC12CC3CC(CC(O)(C3)C1)C2. The van der Waals surface area contributed by atoms with Gasteiger partial charge in [0.15, 0.2) is 0 Å². The molecule has 0 spiro atoms. The Morgan fingerprint density at radius 1 is 1.25 bits per heavy atom. The minimum absolute atomic E-state index is 0.0192. The summed E-state index contributed by atoms with van der Waals surface area (Å²) in [7, 11) is 0. The van der Waals surface area contributed by atoms with E-state index in [1.54, 1.807) is 4.90 Å². The van der Waals surface area contributed by atoms with E-state index in [4.69, 9.17) is 5.73 Å². The molecule has 5 nitrogen and oxygen atoms in total. The number of hydrogen-bond donors (Lipinski definition) is 2. The van der Waals surface area contributed by atoms with Crippen molar-refractivity contribution in [2.75, 3.05) is 0 Å². The molecule has 5 saturated carbocycles. The highest BCUT2D eigenvalue weighted by atomic mass is 16.3. The molecule has 1 saturated heterocycles. The van der Waals surface area contributed by atoms with Crippen molar-refractivity contribution >= 4 is 5.91 Å². The van der Waals surface area contributed by atoms with Crippen LogP contribution in [-0.4, -0.2) is 39.6 Å². The van der Waals surface area contributed by atoms with Gasteiger partial charge in [0.1, 0.15) is 6.04 Å². The van der Waals surface area contributed by atoms with E-state index in [0.29, 0.717) is 24.2 Å². The zero-order valence-electron chi connectivity index (χ0n) is 14.2. The third-order valence-electron chi connectivity index (χ3n) is 7.63. The Balaban J connectivity index is 1.33. The molecule has 0 aromatic heterocycles. The van der Waals surface area contributed by atoms with Gasteiger partial charge < -0.3 is 15.7 Å². The van der Waals surface area contributed by atoms with E-state index in [0.717, 1.165) is 44.9 Å². The van der Waals surface area contributed by atoms with Crippen LogP contribution in [0.15, 0.2) is 0 Å². The van der Waals surface area contributed by atoms with Crippen molar-refractivity contribution in [1.82, 2.24) is 4.90 Å². The van der Waals surface area contributed by atoms with Crippen LogP contribution in [0.4, 0.5) is 0 Å². The van der Waals surface area contributed by atoms with Gasteiger partial charge in [-0.2, -0.15) is 5.26 Å². The third-order valence-corrected chi connectivity index (χ3v) is 7.63. The molecule has 1 aliphatic heterocycles.